The van der Waals surface area contributed by atoms with E-state index in [1.807, 2.05) is 0 Å². The van der Waals surface area contributed by atoms with E-state index < -0.39 is 0 Å². The summed E-state index contributed by atoms with van der Waals surface area (Å²) in [6.07, 6.45) is 0. The molecule has 4 heteroatoms. The van der Waals surface area contributed by atoms with Gasteiger partial charge in [0.25, 0.3) is 0 Å². The molecule has 0 aliphatic heterocycles. The molecule has 1 rings (SSSR count). The molecule has 1 aromatic carbocycles. The summed E-state index contributed by atoms with van der Waals surface area (Å²) in [6.45, 7) is 0. The van der Waals surface area contributed by atoms with Crippen molar-refractivity contribution in [2.75, 3.05) is 11.2 Å². The summed E-state index contributed by atoms with van der Waals surface area (Å²) in [5, 5.41) is 3.23. The Morgan fingerprint density at radius 1 is 1.55 bits per heavy atom. The van der Waals surface area contributed by atoms with Crippen LogP contribution < -0.4 is 5.32 Å². The molecule has 0 aliphatic carbocycles. The van der Waals surface area contributed by atoms with Crippen LogP contribution in [0.25, 0.3) is 0 Å². The van der Waals surface area contributed by atoms with Crippen molar-refractivity contribution in [3.8, 4) is 0 Å². The van der Waals surface area contributed by atoms with Crippen molar-refractivity contribution in [3.05, 3.63) is 29.0 Å². The average molecular weight is 192 g/mol. The van der Waals surface area contributed by atoms with Gasteiger partial charge in [0.05, 0.1) is 11.6 Å². The Kier molecular flexibility index (Phi) is 3.02. The lowest BCUT2D eigenvalue weighted by Crippen LogP contribution is -1.96. The standard InChI is InChI=1S/C7H7ClFNS/c8-5-1-2-6(9)7(3-5)10-4-11/h1-3,10-11H,4H2. The second kappa shape index (κ2) is 3.83. The monoisotopic (exact) mass is 191 g/mol. The van der Waals surface area contributed by atoms with Crippen molar-refractivity contribution in [3.63, 3.8) is 0 Å². The Morgan fingerprint density at radius 3 is 2.91 bits per heavy atom. The summed E-state index contributed by atoms with van der Waals surface area (Å²) in [5.41, 5.74) is 0.382. The van der Waals surface area contributed by atoms with E-state index in [2.05, 4.69) is 17.9 Å². The maximum absolute atomic E-state index is 12.8. The molecule has 0 saturated heterocycles. The molecule has 0 aromatic heterocycles. The van der Waals surface area contributed by atoms with Crippen molar-refractivity contribution in [2.45, 2.75) is 0 Å². The van der Waals surface area contributed by atoms with Crippen LogP contribution in [0.5, 0.6) is 0 Å². The van der Waals surface area contributed by atoms with Gasteiger partial charge in [-0.2, -0.15) is 12.6 Å². The SMILES string of the molecule is Fc1ccc(Cl)cc1NCS. The van der Waals surface area contributed by atoms with Crippen LogP contribution in [0.2, 0.25) is 5.02 Å². The van der Waals surface area contributed by atoms with E-state index in [4.69, 9.17) is 11.6 Å². The second-order valence-corrected chi connectivity index (χ2v) is 2.71. The third-order valence-corrected chi connectivity index (χ3v) is 1.59. The fourth-order valence-corrected chi connectivity index (χ4v) is 1.06. The van der Waals surface area contributed by atoms with E-state index in [1.165, 1.54) is 18.2 Å². The first-order chi connectivity index (χ1) is 5.24. The maximum Gasteiger partial charge on any atom is 0.146 e. The predicted octanol–water partition coefficient (Wildman–Crippen LogP) is 2.78. The van der Waals surface area contributed by atoms with Gasteiger partial charge in [-0.3, -0.25) is 0 Å². The fraction of sp³-hybridized carbons (Fsp3) is 0.143. The van der Waals surface area contributed by atoms with Gasteiger partial charge >= 0.3 is 0 Å². The summed E-state index contributed by atoms with van der Waals surface area (Å²) in [6, 6.07) is 4.34. The second-order valence-electron chi connectivity index (χ2n) is 1.96. The van der Waals surface area contributed by atoms with Crippen molar-refractivity contribution >= 4 is 29.9 Å². The van der Waals surface area contributed by atoms with Crippen molar-refractivity contribution in [1.29, 1.82) is 0 Å². The van der Waals surface area contributed by atoms with Gasteiger partial charge < -0.3 is 5.32 Å². The molecule has 0 unspecified atom stereocenters. The maximum atomic E-state index is 12.8. The Balaban J connectivity index is 2.93. The lowest BCUT2D eigenvalue weighted by atomic mass is 10.3. The molecular formula is C7H7ClFNS. The average Bonchev–Trinajstić information content (AvgIpc) is 1.98. The lowest BCUT2D eigenvalue weighted by Gasteiger charge is -2.03. The van der Waals surface area contributed by atoms with Gasteiger partial charge in [0.15, 0.2) is 0 Å². The molecule has 1 N–H and O–H groups in total. The largest absolute Gasteiger partial charge is 0.374 e. The molecular weight excluding hydrogens is 185 g/mol. The molecule has 1 aromatic rings. The smallest absolute Gasteiger partial charge is 0.146 e. The summed E-state index contributed by atoms with van der Waals surface area (Å²) in [7, 11) is 0. The number of nitrogens with one attached hydrogen (secondary N) is 1. The molecule has 0 heterocycles. The van der Waals surface area contributed by atoms with Crippen LogP contribution in [0.15, 0.2) is 18.2 Å². The summed E-state index contributed by atoms with van der Waals surface area (Å²) >= 11 is 9.51. The van der Waals surface area contributed by atoms with Gasteiger partial charge in [0, 0.05) is 5.02 Å². The van der Waals surface area contributed by atoms with Crippen molar-refractivity contribution in [2.24, 2.45) is 0 Å². The minimum Gasteiger partial charge on any atom is -0.374 e. The van der Waals surface area contributed by atoms with Gasteiger partial charge in [0.1, 0.15) is 5.82 Å². The Bertz CT molecular complexity index is 254. The Hall–Kier alpha value is -0.410. The summed E-state index contributed by atoms with van der Waals surface area (Å²) in [4.78, 5) is 0. The van der Waals surface area contributed by atoms with Crippen LogP contribution in [-0.2, 0) is 0 Å². The van der Waals surface area contributed by atoms with Crippen LogP contribution in [0.3, 0.4) is 0 Å². The first kappa shape index (κ1) is 8.68. The molecule has 11 heavy (non-hydrogen) atoms. The van der Waals surface area contributed by atoms with Gasteiger partial charge in [-0.15, -0.1) is 0 Å². The number of halogens is 2. The molecule has 0 atom stereocenters. The first-order valence-electron chi connectivity index (χ1n) is 3.04. The van der Waals surface area contributed by atoms with Gasteiger partial charge in [-0.05, 0) is 18.2 Å². The van der Waals surface area contributed by atoms with E-state index in [0.717, 1.165) is 0 Å². The quantitative estimate of drug-likeness (QED) is 0.541. The molecule has 0 radical (unpaired) electrons. The van der Waals surface area contributed by atoms with E-state index in [9.17, 15) is 4.39 Å². The number of anilines is 1. The highest BCUT2D eigenvalue weighted by Gasteiger charge is 1.99. The molecule has 0 amide bonds. The minimum atomic E-state index is -0.316. The summed E-state index contributed by atoms with van der Waals surface area (Å²) in [5.74, 6) is 0.0699. The van der Waals surface area contributed by atoms with Crippen LogP contribution in [0.1, 0.15) is 0 Å². The van der Waals surface area contributed by atoms with Crippen LogP contribution in [0, 0.1) is 5.82 Å². The molecule has 60 valence electrons. The first-order valence-corrected chi connectivity index (χ1v) is 4.05. The van der Waals surface area contributed by atoms with Crippen molar-refractivity contribution < 1.29 is 4.39 Å². The van der Waals surface area contributed by atoms with E-state index in [-0.39, 0.29) is 5.82 Å². The van der Waals surface area contributed by atoms with Gasteiger partial charge in [0.2, 0.25) is 0 Å². The highest BCUT2D eigenvalue weighted by molar-refractivity contribution is 7.80. The van der Waals surface area contributed by atoms with E-state index in [1.54, 1.807) is 0 Å². The molecule has 0 bridgehead atoms. The molecule has 0 aliphatic rings. The zero-order valence-corrected chi connectivity index (χ0v) is 7.29. The predicted molar refractivity (Wildman–Crippen MR) is 48.9 cm³/mol. The zero-order chi connectivity index (χ0) is 8.27. The highest BCUT2D eigenvalue weighted by atomic mass is 35.5. The summed E-state index contributed by atoms with van der Waals surface area (Å²) < 4.78 is 12.8. The molecule has 1 nitrogen and oxygen atoms in total. The number of hydrogen-bond donors (Lipinski definition) is 2. The van der Waals surface area contributed by atoms with Crippen LogP contribution in [-0.4, -0.2) is 5.88 Å². The van der Waals surface area contributed by atoms with E-state index >= 15 is 0 Å². The Morgan fingerprint density at radius 2 is 2.27 bits per heavy atom. The molecule has 0 spiro atoms. The van der Waals surface area contributed by atoms with Crippen LogP contribution >= 0.6 is 24.2 Å². The van der Waals surface area contributed by atoms with Gasteiger partial charge in [-0.1, -0.05) is 11.6 Å². The van der Waals surface area contributed by atoms with Crippen molar-refractivity contribution in [1.82, 2.24) is 0 Å². The molecule has 0 fully saturated rings. The normalized spacial score (nSPS) is 9.73. The number of benzene rings is 1. The third-order valence-electron chi connectivity index (χ3n) is 1.20. The fourth-order valence-electron chi connectivity index (χ4n) is 0.718. The number of thiol groups is 1. The number of hydrogen-bond acceptors (Lipinski definition) is 2. The van der Waals surface area contributed by atoms with Crippen LogP contribution in [0.4, 0.5) is 10.1 Å². The van der Waals surface area contributed by atoms with Gasteiger partial charge in [-0.25, -0.2) is 4.39 Å². The van der Waals surface area contributed by atoms with E-state index in [0.29, 0.717) is 16.6 Å². The third kappa shape index (κ3) is 2.27. The highest BCUT2D eigenvalue weighted by Crippen LogP contribution is 2.19. The lowest BCUT2D eigenvalue weighted by molar-refractivity contribution is 0.631. The Labute approximate surface area is 75.0 Å². The molecule has 0 saturated carbocycles. The number of rotatable bonds is 2. The zero-order valence-electron chi connectivity index (χ0n) is 5.64. The minimum absolute atomic E-state index is 0.316. The topological polar surface area (TPSA) is 12.0 Å².